The topological polar surface area (TPSA) is 88.5 Å². The quantitative estimate of drug-likeness (QED) is 0.406. The summed E-state index contributed by atoms with van der Waals surface area (Å²) in [6.45, 7) is 0. The largest absolute Gasteiger partial charge is 0.494 e. The highest BCUT2D eigenvalue weighted by atomic mass is 16.6. The van der Waals surface area contributed by atoms with E-state index in [-0.39, 0.29) is 29.3 Å². The smallest absolute Gasteiger partial charge is 0.277 e. The highest BCUT2D eigenvalue weighted by molar-refractivity contribution is 5.97. The van der Waals surface area contributed by atoms with Crippen molar-refractivity contribution >= 4 is 16.5 Å². The van der Waals surface area contributed by atoms with Gasteiger partial charge in [-0.3, -0.25) is 14.7 Å². The molecule has 0 aliphatic heterocycles. The van der Waals surface area contributed by atoms with Crippen LogP contribution in [0.4, 0.5) is 5.69 Å². The molecule has 0 radical (unpaired) electrons. The Morgan fingerprint density at radius 3 is 2.04 bits per heavy atom. The van der Waals surface area contributed by atoms with Gasteiger partial charge in [-0.05, 0) is 25.0 Å². The third kappa shape index (κ3) is 1.81. The number of hydrogen-bond acceptors (Lipinski definition) is 4. The van der Waals surface area contributed by atoms with E-state index in [0.29, 0.717) is 16.5 Å². The maximum absolute atomic E-state index is 11.3. The molecule has 1 aromatic heterocycles. The lowest BCUT2D eigenvalue weighted by atomic mass is 9.73. The molecule has 0 amide bonds. The molecule has 3 aromatic rings. The van der Waals surface area contributed by atoms with E-state index in [1.54, 1.807) is 30.3 Å². The highest BCUT2D eigenvalue weighted by Gasteiger charge is 2.38. The Kier molecular flexibility index (Phi) is 2.95. The van der Waals surface area contributed by atoms with Crippen molar-refractivity contribution < 1.29 is 15.1 Å². The molecule has 6 nitrogen and oxygen atoms in total. The second-order valence-electron chi connectivity index (χ2n) is 6.89. The summed E-state index contributed by atoms with van der Waals surface area (Å²) >= 11 is 0. The van der Waals surface area contributed by atoms with Gasteiger partial charge in [-0.1, -0.05) is 30.4 Å². The fourth-order valence-electron chi connectivity index (χ4n) is 4.46. The molecule has 2 N–H and O–H groups in total. The minimum absolute atomic E-state index is 0.00184. The van der Waals surface area contributed by atoms with E-state index in [2.05, 4.69) is 12.2 Å². The summed E-state index contributed by atoms with van der Waals surface area (Å²) in [7, 11) is 0. The van der Waals surface area contributed by atoms with Crippen LogP contribution in [0.3, 0.4) is 0 Å². The van der Waals surface area contributed by atoms with Crippen LogP contribution in [0.5, 0.6) is 11.8 Å². The molecule has 130 valence electrons. The van der Waals surface area contributed by atoms with Crippen molar-refractivity contribution in [1.82, 2.24) is 4.57 Å². The number of hydrogen-bond donors (Lipinski definition) is 2. The van der Waals surface area contributed by atoms with Gasteiger partial charge in [-0.25, -0.2) is 0 Å². The average Bonchev–Trinajstić information content (AvgIpc) is 2.95. The molecule has 2 bridgehead atoms. The maximum atomic E-state index is 11.3. The number of non-ortho nitro benzene ring substituents is 1. The van der Waals surface area contributed by atoms with Crippen molar-refractivity contribution in [2.45, 2.75) is 24.7 Å². The number of aromatic nitrogens is 1. The van der Waals surface area contributed by atoms with Crippen molar-refractivity contribution in [2.24, 2.45) is 0 Å². The van der Waals surface area contributed by atoms with E-state index in [1.807, 2.05) is 0 Å². The summed E-state index contributed by atoms with van der Waals surface area (Å²) in [5, 5.41) is 34.2. The van der Waals surface area contributed by atoms with Crippen LogP contribution >= 0.6 is 0 Å². The number of allylic oxidation sites excluding steroid dienone is 2. The number of benzene rings is 2. The number of nitro groups is 1. The summed E-state index contributed by atoms with van der Waals surface area (Å²) in [6.07, 6.45) is 6.08. The minimum Gasteiger partial charge on any atom is -0.494 e. The molecule has 1 heterocycles. The number of aromatic hydroxyl groups is 2. The van der Waals surface area contributed by atoms with Crippen LogP contribution in [0.1, 0.15) is 35.8 Å². The molecule has 6 heteroatoms. The third-order valence-corrected chi connectivity index (χ3v) is 5.62. The first-order chi connectivity index (χ1) is 12.6. The SMILES string of the molecule is O=[N+]([O-])c1ccc(-n2c(O)c3c(c2O)C2C=CC3CC2)c2ccccc12. The van der Waals surface area contributed by atoms with Gasteiger partial charge in [-0.2, -0.15) is 0 Å². The van der Waals surface area contributed by atoms with Gasteiger partial charge in [0.05, 0.1) is 16.0 Å². The first-order valence-electron chi connectivity index (χ1n) is 8.59. The third-order valence-electron chi connectivity index (χ3n) is 5.62. The second-order valence-corrected chi connectivity index (χ2v) is 6.89. The summed E-state index contributed by atoms with van der Waals surface area (Å²) in [6, 6.07) is 9.98. The Morgan fingerprint density at radius 1 is 0.923 bits per heavy atom. The standard InChI is InChI=1S/C20H16N2O4/c23-19-17-11-5-6-12(8-7-11)18(17)20(24)21(19)15-9-10-16(22(25)26)14-4-2-1-3-13(14)15/h1-6,9-12,23-24H,7-8H2. The van der Waals surface area contributed by atoms with Crippen molar-refractivity contribution in [2.75, 3.05) is 0 Å². The van der Waals surface area contributed by atoms with Crippen LogP contribution in [0, 0.1) is 10.1 Å². The van der Waals surface area contributed by atoms with Gasteiger partial charge < -0.3 is 10.2 Å². The molecule has 0 saturated heterocycles. The van der Waals surface area contributed by atoms with Gasteiger partial charge in [0.1, 0.15) is 0 Å². The molecule has 3 aliphatic rings. The monoisotopic (exact) mass is 348 g/mol. The first-order valence-corrected chi connectivity index (χ1v) is 8.59. The second kappa shape index (κ2) is 5.11. The lowest BCUT2D eigenvalue weighted by molar-refractivity contribution is -0.383. The van der Waals surface area contributed by atoms with Crippen LogP contribution in [-0.4, -0.2) is 19.7 Å². The summed E-state index contributed by atoms with van der Waals surface area (Å²) in [4.78, 5) is 10.9. The Bertz CT molecular complexity index is 1080. The lowest BCUT2D eigenvalue weighted by Crippen LogP contribution is -2.15. The van der Waals surface area contributed by atoms with Gasteiger partial charge in [0.25, 0.3) is 5.69 Å². The van der Waals surface area contributed by atoms with Gasteiger partial charge in [0.15, 0.2) is 0 Å². The minimum atomic E-state index is -0.420. The Hall–Kier alpha value is -3.28. The fraction of sp³-hybridized carbons (Fsp3) is 0.200. The van der Waals surface area contributed by atoms with E-state index < -0.39 is 4.92 Å². The zero-order valence-electron chi connectivity index (χ0n) is 13.8. The number of nitro benzene ring substituents is 1. The van der Waals surface area contributed by atoms with Crippen LogP contribution in [0.2, 0.25) is 0 Å². The van der Waals surface area contributed by atoms with Crippen LogP contribution in [-0.2, 0) is 0 Å². The van der Waals surface area contributed by atoms with Crippen molar-refractivity contribution in [3.8, 4) is 17.4 Å². The Balaban J connectivity index is 1.83. The van der Waals surface area contributed by atoms with E-state index in [1.165, 1.54) is 10.6 Å². The van der Waals surface area contributed by atoms with Crippen molar-refractivity contribution in [3.63, 3.8) is 0 Å². The van der Waals surface area contributed by atoms with E-state index >= 15 is 0 Å². The van der Waals surface area contributed by atoms with Crippen LogP contribution < -0.4 is 0 Å². The predicted octanol–water partition coefficient (Wildman–Crippen LogP) is 4.48. The van der Waals surface area contributed by atoms with E-state index in [4.69, 9.17) is 0 Å². The highest BCUT2D eigenvalue weighted by Crippen LogP contribution is 2.54. The summed E-state index contributed by atoms with van der Waals surface area (Å²) in [5.74, 6) is 0.254. The predicted molar refractivity (Wildman–Crippen MR) is 97.1 cm³/mol. The molecule has 2 unspecified atom stereocenters. The molecule has 6 rings (SSSR count). The average molecular weight is 348 g/mol. The van der Waals surface area contributed by atoms with Gasteiger partial charge in [0, 0.05) is 34.4 Å². The molecular weight excluding hydrogens is 332 g/mol. The first kappa shape index (κ1) is 15.0. The van der Waals surface area contributed by atoms with Gasteiger partial charge >= 0.3 is 0 Å². The van der Waals surface area contributed by atoms with Gasteiger partial charge in [-0.15, -0.1) is 0 Å². The molecule has 0 spiro atoms. The van der Waals surface area contributed by atoms with E-state index in [0.717, 1.165) is 24.0 Å². The fourth-order valence-corrected chi connectivity index (χ4v) is 4.46. The van der Waals surface area contributed by atoms with Gasteiger partial charge in [0.2, 0.25) is 11.8 Å². The molecule has 2 atom stereocenters. The normalized spacial score (nSPS) is 20.5. The molecule has 3 aliphatic carbocycles. The Labute approximate surface area is 148 Å². The number of rotatable bonds is 2. The molecule has 26 heavy (non-hydrogen) atoms. The molecule has 0 fully saturated rings. The van der Waals surface area contributed by atoms with Crippen LogP contribution in [0.15, 0.2) is 48.6 Å². The number of nitrogens with zero attached hydrogens (tertiary/aromatic N) is 2. The summed E-state index contributed by atoms with van der Waals surface area (Å²) < 4.78 is 1.43. The van der Waals surface area contributed by atoms with Crippen molar-refractivity contribution in [1.29, 1.82) is 0 Å². The molecule has 0 saturated carbocycles. The zero-order valence-corrected chi connectivity index (χ0v) is 13.8. The zero-order chi connectivity index (χ0) is 18.0. The Morgan fingerprint density at radius 2 is 1.50 bits per heavy atom. The molecule has 2 aromatic carbocycles. The number of fused-ring (bicyclic) bond motifs is 2. The van der Waals surface area contributed by atoms with Crippen molar-refractivity contribution in [3.05, 3.63) is 69.8 Å². The van der Waals surface area contributed by atoms with E-state index in [9.17, 15) is 20.3 Å². The summed E-state index contributed by atoms with van der Waals surface area (Å²) in [5.41, 5.74) is 2.10. The van der Waals surface area contributed by atoms with Crippen LogP contribution in [0.25, 0.3) is 16.5 Å². The maximum Gasteiger partial charge on any atom is 0.277 e. The lowest BCUT2D eigenvalue weighted by Gasteiger charge is -2.30. The molecular formula is C20H16N2O4.